The highest BCUT2D eigenvalue weighted by Gasteiger charge is 2.17. The highest BCUT2D eigenvalue weighted by Crippen LogP contribution is 2.26. The summed E-state index contributed by atoms with van der Waals surface area (Å²) in [6.07, 6.45) is 0. The molecule has 1 N–H and O–H groups in total. The van der Waals surface area contributed by atoms with Crippen LogP contribution in [0.25, 0.3) is 5.69 Å². The van der Waals surface area contributed by atoms with Gasteiger partial charge in [0.1, 0.15) is 0 Å². The van der Waals surface area contributed by atoms with Crippen LogP contribution >= 0.6 is 11.8 Å². The topological polar surface area (TPSA) is 103 Å². The van der Waals surface area contributed by atoms with E-state index in [0.29, 0.717) is 28.0 Å². The third-order valence-electron chi connectivity index (χ3n) is 4.95. The van der Waals surface area contributed by atoms with E-state index in [9.17, 15) is 14.9 Å². The number of nitrogens with zero attached hydrogens (tertiary/aromatic N) is 4. The van der Waals surface area contributed by atoms with Gasteiger partial charge in [-0.2, -0.15) is 0 Å². The van der Waals surface area contributed by atoms with Crippen LogP contribution in [0.5, 0.6) is 0 Å². The van der Waals surface area contributed by atoms with Crippen LogP contribution in [0, 0.1) is 17.0 Å². The SMILES string of the molecule is Cc1ccc(C(=O)NCc2nnc(SCc3ccccc3)n2-c2ccc([N+](=O)[O-])cc2)cc1. The molecule has 0 unspecified atom stereocenters. The van der Waals surface area contributed by atoms with Gasteiger partial charge in [-0.3, -0.25) is 19.5 Å². The van der Waals surface area contributed by atoms with Crippen molar-refractivity contribution in [2.24, 2.45) is 0 Å². The van der Waals surface area contributed by atoms with Gasteiger partial charge in [-0.1, -0.05) is 59.8 Å². The molecule has 0 aliphatic carbocycles. The van der Waals surface area contributed by atoms with E-state index in [0.717, 1.165) is 11.1 Å². The molecule has 166 valence electrons. The van der Waals surface area contributed by atoms with E-state index in [1.807, 2.05) is 54.0 Å². The van der Waals surface area contributed by atoms with E-state index in [-0.39, 0.29) is 18.1 Å². The second kappa shape index (κ2) is 10.1. The van der Waals surface area contributed by atoms with Gasteiger partial charge in [0.25, 0.3) is 11.6 Å². The number of hydrogen-bond donors (Lipinski definition) is 1. The van der Waals surface area contributed by atoms with Gasteiger partial charge in [0.15, 0.2) is 11.0 Å². The fourth-order valence-corrected chi connectivity index (χ4v) is 4.11. The second-order valence-electron chi connectivity index (χ2n) is 7.33. The average Bonchev–Trinajstić information content (AvgIpc) is 3.25. The molecule has 8 nitrogen and oxygen atoms in total. The van der Waals surface area contributed by atoms with Gasteiger partial charge in [0.05, 0.1) is 11.5 Å². The Labute approximate surface area is 194 Å². The van der Waals surface area contributed by atoms with Crippen LogP contribution in [0.1, 0.15) is 27.3 Å². The summed E-state index contributed by atoms with van der Waals surface area (Å²) in [7, 11) is 0. The van der Waals surface area contributed by atoms with E-state index in [4.69, 9.17) is 0 Å². The Morgan fingerprint density at radius 3 is 2.36 bits per heavy atom. The Balaban J connectivity index is 1.58. The van der Waals surface area contributed by atoms with Gasteiger partial charge in [0.2, 0.25) is 0 Å². The largest absolute Gasteiger partial charge is 0.345 e. The van der Waals surface area contributed by atoms with Crippen molar-refractivity contribution in [2.45, 2.75) is 24.4 Å². The summed E-state index contributed by atoms with van der Waals surface area (Å²) < 4.78 is 1.81. The zero-order chi connectivity index (χ0) is 23.2. The molecule has 0 spiro atoms. The number of aromatic nitrogens is 3. The smallest absolute Gasteiger partial charge is 0.269 e. The lowest BCUT2D eigenvalue weighted by atomic mass is 10.1. The Morgan fingerprint density at radius 1 is 1.00 bits per heavy atom. The maximum atomic E-state index is 12.6. The molecule has 1 amide bonds. The molecule has 0 atom stereocenters. The standard InChI is InChI=1S/C24H21N5O3S/c1-17-7-9-19(10-8-17)23(30)25-15-22-26-27-24(33-16-18-5-3-2-4-6-18)28(22)20-11-13-21(14-12-20)29(31)32/h2-14H,15-16H2,1H3,(H,25,30). The van der Waals surface area contributed by atoms with Crippen LogP contribution < -0.4 is 5.32 Å². The molecule has 1 heterocycles. The van der Waals surface area contributed by atoms with Crippen LogP contribution in [0.3, 0.4) is 0 Å². The number of aryl methyl sites for hydroxylation is 1. The average molecular weight is 460 g/mol. The van der Waals surface area contributed by atoms with Crippen molar-refractivity contribution in [1.82, 2.24) is 20.1 Å². The molecule has 4 rings (SSSR count). The van der Waals surface area contributed by atoms with Gasteiger partial charge in [0, 0.05) is 29.1 Å². The summed E-state index contributed by atoms with van der Waals surface area (Å²) in [6, 6.07) is 23.5. The zero-order valence-electron chi connectivity index (χ0n) is 17.8. The molecule has 0 aliphatic heterocycles. The molecule has 1 aromatic heterocycles. The molecule has 33 heavy (non-hydrogen) atoms. The minimum atomic E-state index is -0.441. The van der Waals surface area contributed by atoms with E-state index in [1.165, 1.54) is 23.9 Å². The van der Waals surface area contributed by atoms with Gasteiger partial charge in [-0.15, -0.1) is 10.2 Å². The second-order valence-corrected chi connectivity index (χ2v) is 8.27. The third-order valence-corrected chi connectivity index (χ3v) is 5.95. The summed E-state index contributed by atoms with van der Waals surface area (Å²) in [6.45, 7) is 2.12. The highest BCUT2D eigenvalue weighted by molar-refractivity contribution is 7.98. The Bertz CT molecular complexity index is 1260. The van der Waals surface area contributed by atoms with E-state index in [2.05, 4.69) is 15.5 Å². The normalized spacial score (nSPS) is 10.7. The number of rotatable bonds is 8. The number of non-ortho nitro benzene ring substituents is 1. The highest BCUT2D eigenvalue weighted by atomic mass is 32.2. The van der Waals surface area contributed by atoms with Crippen LogP contribution in [0.2, 0.25) is 0 Å². The number of benzene rings is 3. The number of nitro groups is 1. The van der Waals surface area contributed by atoms with Gasteiger partial charge >= 0.3 is 0 Å². The van der Waals surface area contributed by atoms with E-state index in [1.54, 1.807) is 24.3 Å². The molecule has 4 aromatic rings. The number of amides is 1. The number of nitro benzene ring substituents is 1. The lowest BCUT2D eigenvalue weighted by Crippen LogP contribution is -2.24. The van der Waals surface area contributed by atoms with Crippen LogP contribution in [-0.2, 0) is 12.3 Å². The first-order valence-electron chi connectivity index (χ1n) is 10.2. The van der Waals surface area contributed by atoms with Crippen LogP contribution in [-0.4, -0.2) is 25.6 Å². The van der Waals surface area contributed by atoms with Crippen LogP contribution in [0.4, 0.5) is 5.69 Å². The predicted molar refractivity (Wildman–Crippen MR) is 126 cm³/mol. The zero-order valence-corrected chi connectivity index (χ0v) is 18.7. The van der Waals surface area contributed by atoms with Crippen molar-refractivity contribution in [1.29, 1.82) is 0 Å². The molecular formula is C24H21N5O3S. The van der Waals surface area contributed by atoms with Gasteiger partial charge in [-0.25, -0.2) is 0 Å². The molecule has 0 aliphatic rings. The number of thioether (sulfide) groups is 1. The minimum absolute atomic E-state index is 0.000429. The summed E-state index contributed by atoms with van der Waals surface area (Å²) in [5.74, 6) is 0.994. The summed E-state index contributed by atoms with van der Waals surface area (Å²) in [5, 5.41) is 23.2. The molecule has 0 radical (unpaired) electrons. The number of carbonyl (C=O) groups is 1. The van der Waals surface area contributed by atoms with Gasteiger partial charge < -0.3 is 5.32 Å². The van der Waals surface area contributed by atoms with Crippen molar-refractivity contribution in [3.63, 3.8) is 0 Å². The Hall–Kier alpha value is -3.98. The maximum Gasteiger partial charge on any atom is 0.269 e. The predicted octanol–water partition coefficient (Wildman–Crippen LogP) is 4.71. The fourth-order valence-electron chi connectivity index (χ4n) is 3.18. The quantitative estimate of drug-likeness (QED) is 0.233. The van der Waals surface area contributed by atoms with Crippen molar-refractivity contribution in [2.75, 3.05) is 0 Å². The molecule has 0 saturated carbocycles. The third kappa shape index (κ3) is 5.45. The van der Waals surface area contributed by atoms with Crippen LogP contribution in [0.15, 0.2) is 84.0 Å². The number of hydrogen-bond acceptors (Lipinski definition) is 6. The first-order valence-corrected chi connectivity index (χ1v) is 11.2. The first kappa shape index (κ1) is 22.2. The van der Waals surface area contributed by atoms with Crippen molar-refractivity contribution < 1.29 is 9.72 Å². The molecule has 0 bridgehead atoms. The van der Waals surface area contributed by atoms with Crippen molar-refractivity contribution >= 4 is 23.4 Å². The first-order chi connectivity index (χ1) is 16.0. The lowest BCUT2D eigenvalue weighted by molar-refractivity contribution is -0.384. The van der Waals surface area contributed by atoms with E-state index >= 15 is 0 Å². The Kier molecular flexibility index (Phi) is 6.80. The summed E-state index contributed by atoms with van der Waals surface area (Å²) >= 11 is 1.50. The van der Waals surface area contributed by atoms with Crippen molar-refractivity contribution in [3.05, 3.63) is 111 Å². The molecule has 3 aromatic carbocycles. The number of carbonyl (C=O) groups excluding carboxylic acids is 1. The monoisotopic (exact) mass is 459 g/mol. The van der Waals surface area contributed by atoms with Gasteiger partial charge in [-0.05, 0) is 36.8 Å². The fraction of sp³-hybridized carbons (Fsp3) is 0.125. The van der Waals surface area contributed by atoms with E-state index < -0.39 is 4.92 Å². The molecular weight excluding hydrogens is 438 g/mol. The minimum Gasteiger partial charge on any atom is -0.345 e. The lowest BCUT2D eigenvalue weighted by Gasteiger charge is -2.11. The summed E-state index contributed by atoms with van der Waals surface area (Å²) in [4.78, 5) is 23.2. The molecule has 0 saturated heterocycles. The summed E-state index contributed by atoms with van der Waals surface area (Å²) in [5.41, 5.74) is 3.44. The maximum absolute atomic E-state index is 12.6. The van der Waals surface area contributed by atoms with Crippen molar-refractivity contribution in [3.8, 4) is 5.69 Å². The molecule has 9 heteroatoms. The Morgan fingerprint density at radius 2 is 1.70 bits per heavy atom. The number of nitrogens with one attached hydrogen (secondary N) is 1. The molecule has 0 fully saturated rings.